The van der Waals surface area contributed by atoms with Gasteiger partial charge in [-0.1, -0.05) is 19.8 Å². The molecule has 1 aliphatic rings. The van der Waals surface area contributed by atoms with E-state index < -0.39 is 5.60 Å². The van der Waals surface area contributed by atoms with Gasteiger partial charge in [-0.05, 0) is 34.1 Å². The van der Waals surface area contributed by atoms with E-state index in [4.69, 9.17) is 9.47 Å². The molecule has 0 spiro atoms. The largest absolute Gasteiger partial charge is 0.444 e. The fourth-order valence-corrected chi connectivity index (χ4v) is 2.61. The van der Waals surface area contributed by atoms with Gasteiger partial charge in [-0.25, -0.2) is 4.79 Å². The van der Waals surface area contributed by atoms with Crippen LogP contribution < -0.4 is 5.32 Å². The predicted octanol–water partition coefficient (Wildman–Crippen LogP) is 2.79. The van der Waals surface area contributed by atoms with Crippen molar-refractivity contribution in [1.82, 2.24) is 10.2 Å². The Kier molecular flexibility index (Phi) is 6.94. The van der Waals surface area contributed by atoms with E-state index in [9.17, 15) is 4.79 Å². The first-order valence-electron chi connectivity index (χ1n) is 8.03. The Morgan fingerprint density at radius 2 is 2.05 bits per heavy atom. The van der Waals surface area contributed by atoms with Crippen molar-refractivity contribution in [2.24, 2.45) is 0 Å². The van der Waals surface area contributed by atoms with Crippen LogP contribution in [-0.4, -0.2) is 55.0 Å². The van der Waals surface area contributed by atoms with Crippen LogP contribution in [-0.2, 0) is 9.47 Å². The molecular formula is C16H32N2O3. The molecule has 1 aliphatic heterocycles. The first-order chi connectivity index (χ1) is 9.76. The lowest BCUT2D eigenvalue weighted by Gasteiger charge is -2.24. The maximum atomic E-state index is 12.1. The molecule has 0 saturated carbocycles. The molecule has 0 aromatic rings. The second-order valence-corrected chi connectivity index (χ2v) is 6.98. The second kappa shape index (κ2) is 7.99. The number of unbranched alkanes of at least 4 members (excludes halogenated alkanes) is 1. The minimum atomic E-state index is -0.459. The molecule has 0 aromatic carbocycles. The Balaban J connectivity index is 2.53. The van der Waals surface area contributed by atoms with Gasteiger partial charge in [0.15, 0.2) is 0 Å². The van der Waals surface area contributed by atoms with Gasteiger partial charge in [-0.2, -0.15) is 0 Å². The average Bonchev–Trinajstić information content (AvgIpc) is 2.77. The van der Waals surface area contributed by atoms with Crippen LogP contribution in [0.1, 0.15) is 53.9 Å². The van der Waals surface area contributed by atoms with Gasteiger partial charge in [-0.15, -0.1) is 0 Å². The quantitative estimate of drug-likeness (QED) is 0.819. The summed E-state index contributed by atoms with van der Waals surface area (Å²) in [6.07, 6.45) is 3.34. The first kappa shape index (κ1) is 18.2. The van der Waals surface area contributed by atoms with Crippen molar-refractivity contribution in [3.05, 3.63) is 0 Å². The normalized spacial score (nSPS) is 24.2. The summed E-state index contributed by atoms with van der Waals surface area (Å²) in [6.45, 7) is 11.3. The van der Waals surface area contributed by atoms with Gasteiger partial charge in [0, 0.05) is 19.7 Å². The van der Waals surface area contributed by atoms with Gasteiger partial charge in [0.25, 0.3) is 0 Å². The van der Waals surface area contributed by atoms with E-state index in [2.05, 4.69) is 19.2 Å². The minimum Gasteiger partial charge on any atom is -0.444 e. The Morgan fingerprint density at radius 3 is 2.57 bits per heavy atom. The predicted molar refractivity (Wildman–Crippen MR) is 84.5 cm³/mol. The molecule has 2 unspecified atom stereocenters. The molecular weight excluding hydrogens is 268 g/mol. The molecule has 0 radical (unpaired) electrons. The Hall–Kier alpha value is -0.810. The summed E-state index contributed by atoms with van der Waals surface area (Å²) in [5.41, 5.74) is -0.459. The number of likely N-dealkylation sites (tertiary alicyclic amines) is 1. The molecule has 3 atom stereocenters. The summed E-state index contributed by atoms with van der Waals surface area (Å²) in [7, 11) is 1.70. The maximum absolute atomic E-state index is 12.1. The number of nitrogens with one attached hydrogen (secondary N) is 1. The van der Waals surface area contributed by atoms with Crippen LogP contribution in [0.15, 0.2) is 0 Å². The number of rotatable bonds is 6. The molecule has 124 valence electrons. The highest BCUT2D eigenvalue weighted by Gasteiger charge is 2.37. The molecule has 21 heavy (non-hydrogen) atoms. The SMILES string of the molecule is CCCCC(C)NC1CN(C(=O)OC(C)(C)C)C[C@@H]1OC. The van der Waals surface area contributed by atoms with E-state index in [1.165, 1.54) is 12.8 Å². The molecule has 0 aromatic heterocycles. The fraction of sp³-hybridized carbons (Fsp3) is 0.938. The summed E-state index contributed by atoms with van der Waals surface area (Å²) in [6, 6.07) is 0.612. The van der Waals surface area contributed by atoms with Crippen molar-refractivity contribution in [1.29, 1.82) is 0 Å². The Bertz CT molecular complexity index is 328. The van der Waals surface area contributed by atoms with Gasteiger partial charge in [0.1, 0.15) is 5.60 Å². The molecule has 0 aliphatic carbocycles. The van der Waals surface area contributed by atoms with Crippen LogP contribution in [0.3, 0.4) is 0 Å². The third kappa shape index (κ3) is 6.22. The van der Waals surface area contributed by atoms with E-state index in [0.717, 1.165) is 6.42 Å². The zero-order chi connectivity index (χ0) is 16.0. The first-order valence-corrected chi connectivity index (χ1v) is 8.03. The summed E-state index contributed by atoms with van der Waals surface area (Å²) in [5, 5.41) is 3.59. The van der Waals surface area contributed by atoms with Crippen molar-refractivity contribution in [2.75, 3.05) is 20.2 Å². The smallest absolute Gasteiger partial charge is 0.410 e. The number of hydrogen-bond acceptors (Lipinski definition) is 4. The van der Waals surface area contributed by atoms with Crippen molar-refractivity contribution in [2.45, 2.75) is 77.7 Å². The lowest BCUT2D eigenvalue weighted by atomic mass is 10.1. The van der Waals surface area contributed by atoms with Gasteiger partial charge < -0.3 is 19.7 Å². The zero-order valence-corrected chi connectivity index (χ0v) is 14.4. The number of methoxy groups -OCH3 is 1. The Labute approximate surface area is 129 Å². The van der Waals surface area contributed by atoms with E-state index in [1.807, 2.05) is 20.8 Å². The van der Waals surface area contributed by atoms with Crippen LogP contribution in [0.2, 0.25) is 0 Å². The summed E-state index contributed by atoms with van der Waals surface area (Å²) < 4.78 is 11.0. The average molecular weight is 300 g/mol. The van der Waals surface area contributed by atoms with Crippen LogP contribution in [0.25, 0.3) is 0 Å². The van der Waals surface area contributed by atoms with Crippen molar-refractivity contribution >= 4 is 6.09 Å². The van der Waals surface area contributed by atoms with Crippen LogP contribution in [0.4, 0.5) is 4.79 Å². The van der Waals surface area contributed by atoms with Gasteiger partial charge >= 0.3 is 6.09 Å². The molecule has 5 heteroatoms. The zero-order valence-electron chi connectivity index (χ0n) is 14.4. The molecule has 5 nitrogen and oxygen atoms in total. The molecule has 0 bridgehead atoms. The molecule has 1 fully saturated rings. The summed E-state index contributed by atoms with van der Waals surface area (Å²) >= 11 is 0. The van der Waals surface area contributed by atoms with E-state index in [-0.39, 0.29) is 18.2 Å². The monoisotopic (exact) mass is 300 g/mol. The van der Waals surface area contributed by atoms with E-state index in [0.29, 0.717) is 19.1 Å². The van der Waals surface area contributed by atoms with Crippen LogP contribution >= 0.6 is 0 Å². The van der Waals surface area contributed by atoms with Gasteiger partial charge in [0.2, 0.25) is 0 Å². The highest BCUT2D eigenvalue weighted by Crippen LogP contribution is 2.18. The second-order valence-electron chi connectivity index (χ2n) is 6.98. The van der Waals surface area contributed by atoms with E-state index >= 15 is 0 Å². The fourth-order valence-electron chi connectivity index (χ4n) is 2.61. The van der Waals surface area contributed by atoms with Crippen LogP contribution in [0, 0.1) is 0 Å². The number of amides is 1. The highest BCUT2D eigenvalue weighted by atomic mass is 16.6. The van der Waals surface area contributed by atoms with Gasteiger partial charge in [0.05, 0.1) is 18.7 Å². The number of carbonyl (C=O) groups excluding carboxylic acids is 1. The lowest BCUT2D eigenvalue weighted by molar-refractivity contribution is 0.0252. The molecule has 1 amide bonds. The van der Waals surface area contributed by atoms with Crippen molar-refractivity contribution in [3.63, 3.8) is 0 Å². The van der Waals surface area contributed by atoms with Crippen molar-refractivity contribution in [3.8, 4) is 0 Å². The van der Waals surface area contributed by atoms with Gasteiger partial charge in [-0.3, -0.25) is 0 Å². The number of hydrogen-bond donors (Lipinski definition) is 1. The standard InChI is InChI=1S/C16H32N2O3/c1-7-8-9-12(2)17-13-10-18(11-14(13)20-6)15(19)21-16(3,4)5/h12-14,17H,7-11H2,1-6H3/t12?,13?,14-/m0/s1. The molecule has 1 heterocycles. The highest BCUT2D eigenvalue weighted by molar-refractivity contribution is 5.68. The number of nitrogens with zero attached hydrogens (tertiary/aromatic N) is 1. The topological polar surface area (TPSA) is 50.8 Å². The third-order valence-corrected chi connectivity index (χ3v) is 3.71. The third-order valence-electron chi connectivity index (χ3n) is 3.71. The van der Waals surface area contributed by atoms with Crippen LogP contribution in [0.5, 0.6) is 0 Å². The molecule has 1 rings (SSSR count). The molecule has 1 N–H and O–H groups in total. The van der Waals surface area contributed by atoms with E-state index in [1.54, 1.807) is 12.0 Å². The van der Waals surface area contributed by atoms with Crippen molar-refractivity contribution < 1.29 is 14.3 Å². The summed E-state index contributed by atoms with van der Waals surface area (Å²) in [5.74, 6) is 0. The Morgan fingerprint density at radius 1 is 1.38 bits per heavy atom. The maximum Gasteiger partial charge on any atom is 0.410 e. The molecule has 1 saturated heterocycles. The lowest BCUT2D eigenvalue weighted by Crippen LogP contribution is -2.45. The number of carbonyl (C=O) groups is 1. The summed E-state index contributed by atoms with van der Waals surface area (Å²) in [4.78, 5) is 13.9. The number of ether oxygens (including phenoxy) is 2. The minimum absolute atomic E-state index is 0.0293.